The Bertz CT molecular complexity index is 1830. The molecule has 0 atom stereocenters. The molecule has 0 saturated heterocycles. The molecule has 0 saturated carbocycles. The Labute approximate surface area is 225 Å². The van der Waals surface area contributed by atoms with Crippen molar-refractivity contribution in [2.75, 3.05) is 0 Å². The second-order valence-corrected chi connectivity index (χ2v) is 9.01. The summed E-state index contributed by atoms with van der Waals surface area (Å²) in [5, 5.41) is 4.09. The van der Waals surface area contributed by atoms with Gasteiger partial charge in [0.25, 0.3) is 0 Å². The molecule has 0 amide bonds. The van der Waals surface area contributed by atoms with Gasteiger partial charge in [-0.2, -0.15) is 0 Å². The van der Waals surface area contributed by atoms with Gasteiger partial charge in [0.05, 0.1) is 11.3 Å². The molecule has 0 bridgehead atoms. The first kappa shape index (κ1) is 22.1. The number of pyridine rings is 4. The topological polar surface area (TPSA) is 60.4 Å². The van der Waals surface area contributed by atoms with Gasteiger partial charge in [-0.3, -0.25) is 9.97 Å². The van der Waals surface area contributed by atoms with Gasteiger partial charge in [0.2, 0.25) is 0 Å². The van der Waals surface area contributed by atoms with E-state index < -0.39 is 0 Å². The number of nitrogens with zero attached hydrogens (tertiary/aromatic N) is 6. The van der Waals surface area contributed by atoms with Crippen LogP contribution in [-0.4, -0.2) is 28.7 Å². The minimum absolute atomic E-state index is 0. The van der Waals surface area contributed by atoms with Crippen LogP contribution in [0.1, 0.15) is 11.4 Å². The van der Waals surface area contributed by atoms with E-state index in [9.17, 15) is 0 Å². The number of para-hydroxylation sites is 2. The van der Waals surface area contributed by atoms with E-state index in [-0.39, 0.29) is 21.1 Å². The first-order valence-electron chi connectivity index (χ1n) is 12.0. The van der Waals surface area contributed by atoms with Crippen LogP contribution >= 0.6 is 0 Å². The van der Waals surface area contributed by atoms with Gasteiger partial charge in [-0.05, 0) is 46.8 Å². The van der Waals surface area contributed by atoms with Crippen molar-refractivity contribution in [3.63, 3.8) is 0 Å². The van der Waals surface area contributed by atoms with Crippen molar-refractivity contribution in [1.29, 1.82) is 0 Å². The molecule has 6 heterocycles. The molecular weight excluding hydrogens is 639 g/mol. The SMILES string of the molecule is [Pt+2].[c-]1ccnc2c1c1nc(CCc3cn4c5ccccc5c5ncc[c-]c5c4n3)cn1c1ccccc21. The van der Waals surface area contributed by atoms with Crippen LogP contribution in [0, 0.1) is 12.1 Å². The van der Waals surface area contributed by atoms with Crippen LogP contribution in [-0.2, 0) is 33.9 Å². The zero-order chi connectivity index (χ0) is 23.6. The number of rotatable bonds is 3. The summed E-state index contributed by atoms with van der Waals surface area (Å²) in [5.41, 5.74) is 7.87. The van der Waals surface area contributed by atoms with Crippen LogP contribution in [0.5, 0.6) is 0 Å². The van der Waals surface area contributed by atoms with Crippen molar-refractivity contribution in [2.45, 2.75) is 12.8 Å². The molecule has 37 heavy (non-hydrogen) atoms. The fourth-order valence-electron chi connectivity index (χ4n) is 5.32. The summed E-state index contributed by atoms with van der Waals surface area (Å²) in [6.07, 6.45) is 9.41. The van der Waals surface area contributed by atoms with Gasteiger partial charge in [-0.15, -0.1) is 24.3 Å². The molecule has 8 rings (SSSR count). The van der Waals surface area contributed by atoms with Crippen LogP contribution in [0.2, 0.25) is 0 Å². The fraction of sp³-hybridized carbons (Fsp3) is 0.0667. The molecule has 2 aromatic carbocycles. The summed E-state index contributed by atoms with van der Waals surface area (Å²) in [6.45, 7) is 0. The van der Waals surface area contributed by atoms with E-state index in [1.165, 1.54) is 0 Å². The Balaban J connectivity index is 0.00000231. The molecule has 6 nitrogen and oxygen atoms in total. The summed E-state index contributed by atoms with van der Waals surface area (Å²) in [6, 6.07) is 27.0. The van der Waals surface area contributed by atoms with E-state index in [0.717, 1.165) is 79.1 Å². The van der Waals surface area contributed by atoms with E-state index in [0.29, 0.717) is 0 Å². The molecule has 0 radical (unpaired) electrons. The summed E-state index contributed by atoms with van der Waals surface area (Å²) >= 11 is 0. The second kappa shape index (κ2) is 8.46. The van der Waals surface area contributed by atoms with Gasteiger partial charge in [0.15, 0.2) is 0 Å². The van der Waals surface area contributed by atoms with E-state index in [2.05, 4.69) is 79.7 Å². The zero-order valence-corrected chi connectivity index (χ0v) is 21.8. The standard InChI is InChI=1S/C30H18N6.Pt/c1-3-11-25-21(7-1)27-23(9-5-15-31-27)29-33-19(17-35(25)29)13-14-20-18-36-26-12-4-2-8-22(26)28-24(30(36)34-20)10-6-16-32-28;/h1-8,11-12,15-18H,13-14H2;/q-2;+2. The number of hydrogen-bond donors (Lipinski definition) is 0. The number of benzene rings is 2. The summed E-state index contributed by atoms with van der Waals surface area (Å²) in [5.74, 6) is 0. The zero-order valence-electron chi connectivity index (χ0n) is 19.5. The molecule has 7 heteroatoms. The van der Waals surface area contributed by atoms with Crippen LogP contribution < -0.4 is 0 Å². The van der Waals surface area contributed by atoms with Crippen LogP contribution in [0.4, 0.5) is 0 Å². The van der Waals surface area contributed by atoms with Gasteiger partial charge in [0, 0.05) is 34.8 Å². The Morgan fingerprint density at radius 1 is 0.622 bits per heavy atom. The van der Waals surface area contributed by atoms with Gasteiger partial charge < -0.3 is 18.8 Å². The van der Waals surface area contributed by atoms with E-state index in [4.69, 9.17) is 9.97 Å². The van der Waals surface area contributed by atoms with Gasteiger partial charge in [0.1, 0.15) is 0 Å². The van der Waals surface area contributed by atoms with Crippen LogP contribution in [0.15, 0.2) is 85.5 Å². The fourth-order valence-corrected chi connectivity index (χ4v) is 5.32. The number of imidazole rings is 2. The maximum Gasteiger partial charge on any atom is 2.00 e. The first-order valence-corrected chi connectivity index (χ1v) is 12.0. The van der Waals surface area contributed by atoms with Gasteiger partial charge in [-0.25, -0.2) is 0 Å². The Morgan fingerprint density at radius 3 is 1.57 bits per heavy atom. The van der Waals surface area contributed by atoms with Crippen molar-refractivity contribution in [2.24, 2.45) is 0 Å². The molecule has 0 spiro atoms. The van der Waals surface area contributed by atoms with Crippen molar-refractivity contribution >= 4 is 54.9 Å². The molecular formula is C30H18N6Pt. The van der Waals surface area contributed by atoms with E-state index >= 15 is 0 Å². The molecule has 6 aromatic heterocycles. The van der Waals surface area contributed by atoms with Crippen molar-refractivity contribution < 1.29 is 21.1 Å². The molecule has 178 valence electrons. The molecule has 0 aliphatic heterocycles. The Hall–Kier alpha value is -4.15. The number of fused-ring (bicyclic) bond motifs is 12. The molecule has 0 fully saturated rings. The predicted molar refractivity (Wildman–Crippen MR) is 141 cm³/mol. The normalized spacial score (nSPS) is 11.8. The minimum atomic E-state index is 0. The second-order valence-electron chi connectivity index (χ2n) is 9.01. The maximum atomic E-state index is 5.00. The summed E-state index contributed by atoms with van der Waals surface area (Å²) in [7, 11) is 0. The number of hydrogen-bond acceptors (Lipinski definition) is 4. The number of aryl methyl sites for hydroxylation is 2. The van der Waals surface area contributed by atoms with Crippen LogP contribution in [0.3, 0.4) is 0 Å². The van der Waals surface area contributed by atoms with Gasteiger partial charge in [-0.1, -0.05) is 59.6 Å². The first-order chi connectivity index (χ1) is 17.8. The average Bonchev–Trinajstić information content (AvgIpc) is 3.58. The largest absolute Gasteiger partial charge is 2.00 e. The summed E-state index contributed by atoms with van der Waals surface area (Å²) < 4.78 is 4.33. The molecule has 0 aliphatic rings. The van der Waals surface area contributed by atoms with Crippen molar-refractivity contribution in [1.82, 2.24) is 28.7 Å². The predicted octanol–water partition coefficient (Wildman–Crippen LogP) is 5.77. The molecule has 0 aliphatic carbocycles. The smallest absolute Gasteiger partial charge is 0.351 e. The Kier molecular flexibility index (Phi) is 5.05. The molecule has 0 N–H and O–H groups in total. The minimum Gasteiger partial charge on any atom is -0.351 e. The van der Waals surface area contributed by atoms with E-state index in [1.54, 1.807) is 12.4 Å². The third-order valence-electron chi connectivity index (χ3n) is 6.92. The Morgan fingerprint density at radius 2 is 1.08 bits per heavy atom. The summed E-state index contributed by atoms with van der Waals surface area (Å²) in [4.78, 5) is 19.3. The molecule has 8 aromatic rings. The van der Waals surface area contributed by atoms with E-state index in [1.807, 2.05) is 24.3 Å². The van der Waals surface area contributed by atoms with Crippen molar-refractivity contribution in [3.05, 3.63) is 109 Å². The van der Waals surface area contributed by atoms with Crippen LogP contribution in [0.25, 0.3) is 54.9 Å². The third kappa shape index (κ3) is 3.29. The number of aromatic nitrogens is 6. The third-order valence-corrected chi connectivity index (χ3v) is 6.92. The monoisotopic (exact) mass is 657 g/mol. The quantitative estimate of drug-likeness (QED) is 0.179. The van der Waals surface area contributed by atoms with Crippen molar-refractivity contribution in [3.8, 4) is 0 Å². The van der Waals surface area contributed by atoms with Gasteiger partial charge >= 0.3 is 21.1 Å². The molecule has 0 unspecified atom stereocenters. The maximum absolute atomic E-state index is 5.00. The average molecular weight is 658 g/mol.